The van der Waals surface area contributed by atoms with Gasteiger partial charge in [-0.1, -0.05) is 46.3 Å². The molecule has 0 saturated carbocycles. The van der Waals surface area contributed by atoms with Crippen molar-refractivity contribution in [1.29, 1.82) is 0 Å². The summed E-state index contributed by atoms with van der Waals surface area (Å²) in [6.45, 7) is 1.98. The Morgan fingerprint density at radius 1 is 0.974 bits per heavy atom. The van der Waals surface area contributed by atoms with Crippen molar-refractivity contribution in [3.05, 3.63) is 99.8 Å². The molecule has 0 fully saturated rings. The predicted molar refractivity (Wildman–Crippen MR) is 155 cm³/mol. The molecule has 38 heavy (non-hydrogen) atoms. The fourth-order valence-corrected chi connectivity index (χ4v) is 5.36. The van der Waals surface area contributed by atoms with Crippen LogP contribution in [0.25, 0.3) is 33.3 Å². The molecule has 0 bridgehead atoms. The second-order valence-electron chi connectivity index (χ2n) is 8.34. The van der Waals surface area contributed by atoms with E-state index in [-0.39, 0.29) is 12.5 Å². The summed E-state index contributed by atoms with van der Waals surface area (Å²) >= 11 is 4.73. The minimum atomic E-state index is -0.486. The lowest BCUT2D eigenvalue weighted by Gasteiger charge is -2.12. The Morgan fingerprint density at radius 3 is 2.39 bits per heavy atom. The van der Waals surface area contributed by atoms with Crippen molar-refractivity contribution in [2.45, 2.75) is 6.92 Å². The number of thiophene rings is 1. The number of carbonyl (C=O) groups excluding carboxylic acids is 2. The highest BCUT2D eigenvalue weighted by molar-refractivity contribution is 9.10. The van der Waals surface area contributed by atoms with Gasteiger partial charge >= 0.3 is 5.97 Å². The Labute approximate surface area is 232 Å². The Balaban J connectivity index is 1.56. The second-order valence-corrected chi connectivity index (χ2v) is 10.1. The lowest BCUT2D eigenvalue weighted by Crippen LogP contribution is -2.15. The van der Waals surface area contributed by atoms with Gasteiger partial charge in [0, 0.05) is 26.4 Å². The minimum absolute atomic E-state index is 0.224. The molecule has 0 aliphatic heterocycles. The number of rotatable bonds is 7. The number of benzene rings is 3. The van der Waals surface area contributed by atoms with Crippen molar-refractivity contribution in [3.63, 3.8) is 0 Å². The molecule has 0 aliphatic carbocycles. The van der Waals surface area contributed by atoms with Crippen LogP contribution in [0.1, 0.15) is 27.6 Å². The number of nitrogens with one attached hydrogen (secondary N) is 1. The van der Waals surface area contributed by atoms with Gasteiger partial charge in [0.25, 0.3) is 5.91 Å². The van der Waals surface area contributed by atoms with E-state index in [2.05, 4.69) is 21.2 Å². The molecule has 2 heterocycles. The van der Waals surface area contributed by atoms with Crippen molar-refractivity contribution in [3.8, 4) is 28.1 Å². The van der Waals surface area contributed by atoms with Crippen LogP contribution in [0.2, 0.25) is 0 Å². The summed E-state index contributed by atoms with van der Waals surface area (Å²) in [5, 5.41) is 5.98. The van der Waals surface area contributed by atoms with E-state index in [9.17, 15) is 9.59 Å². The number of halogens is 1. The fraction of sp³-hybridized carbons (Fsp3) is 0.100. The van der Waals surface area contributed by atoms with E-state index in [1.54, 1.807) is 20.1 Å². The number of methoxy groups -OCH3 is 1. The van der Waals surface area contributed by atoms with Crippen molar-refractivity contribution >= 4 is 55.0 Å². The number of amides is 1. The van der Waals surface area contributed by atoms with E-state index in [0.29, 0.717) is 38.3 Å². The first-order valence-electron chi connectivity index (χ1n) is 11.9. The normalized spacial score (nSPS) is 10.8. The highest BCUT2D eigenvalue weighted by Gasteiger charge is 2.24. The number of anilines is 1. The largest absolute Gasteiger partial charge is 0.497 e. The monoisotopic (exact) mass is 586 g/mol. The average Bonchev–Trinajstić information content (AvgIpc) is 3.36. The number of ether oxygens (including phenoxy) is 2. The number of hydrogen-bond acceptors (Lipinski definition) is 6. The topological polar surface area (TPSA) is 77.5 Å². The van der Waals surface area contributed by atoms with Crippen LogP contribution in [-0.4, -0.2) is 30.6 Å². The summed E-state index contributed by atoms with van der Waals surface area (Å²) in [7, 11) is 1.61. The summed E-state index contributed by atoms with van der Waals surface area (Å²) < 4.78 is 11.6. The third-order valence-corrected chi connectivity index (χ3v) is 7.42. The van der Waals surface area contributed by atoms with Gasteiger partial charge in [-0.15, -0.1) is 11.3 Å². The van der Waals surface area contributed by atoms with Gasteiger partial charge in [0.2, 0.25) is 0 Å². The highest BCUT2D eigenvalue weighted by atomic mass is 79.9. The number of para-hydroxylation sites is 1. The molecule has 8 heteroatoms. The summed E-state index contributed by atoms with van der Waals surface area (Å²) in [4.78, 5) is 31.5. The lowest BCUT2D eigenvalue weighted by molar-refractivity contribution is 0.0529. The van der Waals surface area contributed by atoms with Gasteiger partial charge in [-0.25, -0.2) is 9.78 Å². The standard InChI is InChI=1S/C30H23BrN2O4S/c1-3-37-30(35)27-24(18-8-12-20(31)13-9-18)17-38-29(27)33-28(34)23-16-26(19-10-14-21(36-2)15-11-19)32-25-7-5-4-6-22(23)25/h4-17H,3H2,1-2H3,(H,33,34). The molecule has 0 unspecified atom stereocenters. The minimum Gasteiger partial charge on any atom is -0.497 e. The van der Waals surface area contributed by atoms with E-state index in [1.807, 2.05) is 78.2 Å². The Hall–Kier alpha value is -4.01. The van der Waals surface area contributed by atoms with Gasteiger partial charge in [0.05, 0.1) is 30.5 Å². The zero-order valence-electron chi connectivity index (χ0n) is 20.7. The number of nitrogens with zero attached hydrogens (tertiary/aromatic N) is 1. The Bertz CT molecular complexity index is 1630. The van der Waals surface area contributed by atoms with Gasteiger partial charge < -0.3 is 14.8 Å². The van der Waals surface area contributed by atoms with Gasteiger partial charge in [0.15, 0.2) is 0 Å². The predicted octanol–water partition coefficient (Wildman–Crippen LogP) is 7.83. The Kier molecular flexibility index (Phi) is 7.53. The number of carbonyl (C=O) groups is 2. The van der Waals surface area contributed by atoms with Crippen LogP contribution in [0.4, 0.5) is 5.00 Å². The summed E-state index contributed by atoms with van der Waals surface area (Å²) in [5.41, 5.74) is 4.55. The summed E-state index contributed by atoms with van der Waals surface area (Å²) in [5.74, 6) is -0.0909. The first-order chi connectivity index (χ1) is 18.5. The van der Waals surface area contributed by atoms with E-state index < -0.39 is 5.97 Å². The molecular weight excluding hydrogens is 564 g/mol. The maximum atomic E-state index is 13.7. The van der Waals surface area contributed by atoms with E-state index in [0.717, 1.165) is 21.3 Å². The number of hydrogen-bond donors (Lipinski definition) is 1. The van der Waals surface area contributed by atoms with Crippen molar-refractivity contribution in [1.82, 2.24) is 4.98 Å². The van der Waals surface area contributed by atoms with Crippen molar-refractivity contribution in [2.75, 3.05) is 19.0 Å². The zero-order chi connectivity index (χ0) is 26.6. The molecule has 0 spiro atoms. The van der Waals surface area contributed by atoms with Crippen LogP contribution >= 0.6 is 27.3 Å². The maximum absolute atomic E-state index is 13.7. The number of pyridine rings is 1. The first-order valence-corrected chi connectivity index (χ1v) is 13.6. The molecule has 3 aromatic carbocycles. The van der Waals surface area contributed by atoms with E-state index in [1.165, 1.54) is 11.3 Å². The molecule has 2 aromatic heterocycles. The lowest BCUT2D eigenvalue weighted by atomic mass is 10.0. The van der Waals surface area contributed by atoms with E-state index >= 15 is 0 Å². The molecule has 0 radical (unpaired) electrons. The van der Waals surface area contributed by atoms with Crippen LogP contribution in [0, 0.1) is 0 Å². The van der Waals surface area contributed by atoms with E-state index in [4.69, 9.17) is 14.5 Å². The van der Waals surface area contributed by atoms with Crippen LogP contribution in [-0.2, 0) is 4.74 Å². The molecule has 5 rings (SSSR count). The number of fused-ring (bicyclic) bond motifs is 1. The van der Waals surface area contributed by atoms with Crippen LogP contribution < -0.4 is 10.1 Å². The van der Waals surface area contributed by atoms with Crippen LogP contribution in [0.3, 0.4) is 0 Å². The molecule has 5 aromatic rings. The number of aromatic nitrogens is 1. The molecule has 1 N–H and O–H groups in total. The second kappa shape index (κ2) is 11.2. The molecular formula is C30H23BrN2O4S. The maximum Gasteiger partial charge on any atom is 0.341 e. The van der Waals surface area contributed by atoms with Crippen molar-refractivity contribution in [2.24, 2.45) is 0 Å². The number of esters is 1. The zero-order valence-corrected chi connectivity index (χ0v) is 23.1. The summed E-state index contributed by atoms with van der Waals surface area (Å²) in [6.07, 6.45) is 0. The molecule has 0 atom stereocenters. The molecule has 190 valence electrons. The van der Waals surface area contributed by atoms with Crippen LogP contribution in [0.15, 0.2) is 88.7 Å². The smallest absolute Gasteiger partial charge is 0.341 e. The fourth-order valence-electron chi connectivity index (χ4n) is 4.14. The SMILES string of the molecule is CCOC(=O)c1c(-c2ccc(Br)cc2)csc1NC(=O)c1cc(-c2ccc(OC)cc2)nc2ccccc12. The van der Waals surface area contributed by atoms with Crippen LogP contribution in [0.5, 0.6) is 5.75 Å². The van der Waals surface area contributed by atoms with Gasteiger partial charge in [-0.3, -0.25) is 4.79 Å². The molecule has 6 nitrogen and oxygen atoms in total. The molecule has 0 aliphatic rings. The van der Waals surface area contributed by atoms with Crippen molar-refractivity contribution < 1.29 is 19.1 Å². The molecule has 0 saturated heterocycles. The van der Waals surface area contributed by atoms with Gasteiger partial charge in [-0.2, -0.15) is 0 Å². The van der Waals surface area contributed by atoms with Gasteiger partial charge in [-0.05, 0) is 61.0 Å². The average molecular weight is 587 g/mol. The third-order valence-electron chi connectivity index (χ3n) is 6.00. The Morgan fingerprint density at radius 2 is 1.68 bits per heavy atom. The third kappa shape index (κ3) is 5.18. The molecule has 1 amide bonds. The quantitative estimate of drug-likeness (QED) is 0.197. The highest BCUT2D eigenvalue weighted by Crippen LogP contribution is 2.37. The first kappa shape index (κ1) is 25.6. The van der Waals surface area contributed by atoms with Gasteiger partial charge in [0.1, 0.15) is 16.3 Å². The summed E-state index contributed by atoms with van der Waals surface area (Å²) in [6, 6.07) is 24.4.